The summed E-state index contributed by atoms with van der Waals surface area (Å²) in [7, 11) is 0. The molecule has 0 bridgehead atoms. The van der Waals surface area contributed by atoms with Gasteiger partial charge in [-0.15, -0.1) is 0 Å². The van der Waals surface area contributed by atoms with Crippen molar-refractivity contribution in [3.63, 3.8) is 0 Å². The zero-order valence-corrected chi connectivity index (χ0v) is 33.6. The summed E-state index contributed by atoms with van der Waals surface area (Å²) in [5.41, 5.74) is 2.32. The van der Waals surface area contributed by atoms with Gasteiger partial charge in [0.2, 0.25) is 11.2 Å². The summed E-state index contributed by atoms with van der Waals surface area (Å²) < 4.78 is 24.6. The molecule has 2 aromatic carbocycles. The maximum Gasteiger partial charge on any atom is 0.344 e. The van der Waals surface area contributed by atoms with Gasteiger partial charge < -0.3 is 18.6 Å². The van der Waals surface area contributed by atoms with E-state index in [1.807, 2.05) is 12.1 Å². The zero-order chi connectivity index (χ0) is 36.8. The van der Waals surface area contributed by atoms with E-state index in [9.17, 15) is 9.59 Å². The van der Waals surface area contributed by atoms with Crippen molar-refractivity contribution >= 4 is 32.9 Å². The largest absolute Gasteiger partial charge is 0.482 e. The van der Waals surface area contributed by atoms with Crippen LogP contribution >= 0.6 is 15.9 Å². The topological polar surface area (TPSA) is 75.0 Å². The number of hydrogen-bond donors (Lipinski definition) is 0. The lowest BCUT2D eigenvalue weighted by Gasteiger charge is -2.58. The monoisotopic (exact) mass is 772 g/mol. The number of halogens is 1. The van der Waals surface area contributed by atoms with Crippen molar-refractivity contribution in [1.82, 2.24) is 0 Å². The number of benzene rings is 2. The van der Waals surface area contributed by atoms with E-state index in [4.69, 9.17) is 18.6 Å². The number of hydrogen-bond acceptors (Lipinski definition) is 6. The molecule has 0 aliphatic heterocycles. The van der Waals surface area contributed by atoms with Gasteiger partial charge in [-0.25, -0.2) is 4.79 Å². The average molecular weight is 774 g/mol. The van der Waals surface area contributed by atoms with E-state index in [2.05, 4.69) is 56.6 Å². The normalized spacial score (nSPS) is 30.2. The molecular formula is C45H57BrO6. The van der Waals surface area contributed by atoms with Gasteiger partial charge in [0.05, 0.1) is 5.39 Å². The summed E-state index contributed by atoms with van der Waals surface area (Å²) in [6, 6.07) is 12.2. The first kappa shape index (κ1) is 37.3. The lowest BCUT2D eigenvalue weighted by atomic mass is 9.47. The van der Waals surface area contributed by atoms with Gasteiger partial charge in [0, 0.05) is 17.0 Å². The molecule has 3 aromatic rings. The number of fused-ring (bicyclic) bond motifs is 6. The Balaban J connectivity index is 0.944. The molecule has 7 rings (SSSR count). The van der Waals surface area contributed by atoms with Crippen molar-refractivity contribution in [2.45, 2.75) is 118 Å². The second-order valence-electron chi connectivity index (χ2n) is 17.5. The summed E-state index contributed by atoms with van der Waals surface area (Å²) in [4.78, 5) is 26.3. The Labute approximate surface area is 318 Å². The molecule has 3 saturated carbocycles. The second kappa shape index (κ2) is 15.0. The summed E-state index contributed by atoms with van der Waals surface area (Å²) >= 11 is 3.41. The summed E-state index contributed by atoms with van der Waals surface area (Å²) in [6.07, 6.45) is 16.1. The average Bonchev–Trinajstić information content (AvgIpc) is 3.47. The van der Waals surface area contributed by atoms with Crippen molar-refractivity contribution in [1.29, 1.82) is 0 Å². The van der Waals surface area contributed by atoms with E-state index >= 15 is 0 Å². The van der Waals surface area contributed by atoms with Gasteiger partial charge in [-0.05, 0) is 135 Å². The van der Waals surface area contributed by atoms with Gasteiger partial charge in [-0.3, -0.25) is 4.79 Å². The fourth-order valence-corrected chi connectivity index (χ4v) is 11.5. The highest BCUT2D eigenvalue weighted by atomic mass is 79.9. The molecule has 8 atom stereocenters. The number of esters is 1. The number of carbonyl (C=O) groups excluding carboxylic acids is 1. The van der Waals surface area contributed by atoms with E-state index in [1.165, 1.54) is 56.9 Å². The zero-order valence-electron chi connectivity index (χ0n) is 32.0. The first-order valence-corrected chi connectivity index (χ1v) is 20.7. The van der Waals surface area contributed by atoms with Gasteiger partial charge in [-0.2, -0.15) is 0 Å². The Morgan fingerprint density at radius 2 is 1.73 bits per heavy atom. The lowest BCUT2D eigenvalue weighted by molar-refractivity contribution is -0.153. The lowest BCUT2D eigenvalue weighted by Crippen LogP contribution is -2.51. The molecule has 0 saturated heterocycles. The van der Waals surface area contributed by atoms with Crippen LogP contribution < -0.4 is 14.9 Å². The third-order valence-corrected chi connectivity index (χ3v) is 14.5. The molecule has 0 amide bonds. The predicted molar refractivity (Wildman–Crippen MR) is 210 cm³/mol. The Kier molecular flexibility index (Phi) is 10.7. The van der Waals surface area contributed by atoms with Gasteiger partial charge in [0.15, 0.2) is 6.61 Å². The fourth-order valence-electron chi connectivity index (χ4n) is 11.2. The Morgan fingerprint density at radius 1 is 0.962 bits per heavy atom. The Hall–Kier alpha value is -3.06. The van der Waals surface area contributed by atoms with Crippen LogP contribution in [0.4, 0.5) is 0 Å². The molecule has 1 heterocycles. The number of aryl methyl sites for hydroxylation is 1. The maximum atomic E-state index is 13.3. The van der Waals surface area contributed by atoms with E-state index in [0.29, 0.717) is 33.6 Å². The standard InChI is InChI=1S/C45H57BrO6/c1-27(2)8-7-9-28(3)37-18-19-38-35-16-10-30-24-34(20-22-44(30,5)39(35)21-23-45(37,38)6)51-41(47)26-49-33-15-17-36-40(25-33)50-29(4)43(42(36)48)52-32-13-11-31(46)12-14-32/h10-15,17,25,27-28,34-35,37-39H,7-9,16,18-24,26H2,1-6H3/t28-,34-,35-,37+,38-,39-,44+,45-/m1/s1. The maximum absolute atomic E-state index is 13.3. The third kappa shape index (κ3) is 7.24. The van der Waals surface area contributed by atoms with Gasteiger partial charge in [0.1, 0.15) is 28.9 Å². The molecule has 0 spiro atoms. The van der Waals surface area contributed by atoms with E-state index in [-0.39, 0.29) is 35.3 Å². The highest BCUT2D eigenvalue weighted by Gasteiger charge is 2.59. The molecule has 0 unspecified atom stereocenters. The first-order valence-electron chi connectivity index (χ1n) is 19.9. The van der Waals surface area contributed by atoms with Crippen LogP contribution in [0.3, 0.4) is 0 Å². The van der Waals surface area contributed by atoms with Crippen molar-refractivity contribution in [2.75, 3.05) is 6.61 Å². The van der Waals surface area contributed by atoms with Gasteiger partial charge in [-0.1, -0.05) is 81.5 Å². The summed E-state index contributed by atoms with van der Waals surface area (Å²) in [5.74, 6) is 5.98. The predicted octanol–water partition coefficient (Wildman–Crippen LogP) is 12.0. The van der Waals surface area contributed by atoms with Crippen LogP contribution in [0.5, 0.6) is 17.2 Å². The van der Waals surface area contributed by atoms with Crippen LogP contribution in [-0.4, -0.2) is 18.7 Å². The molecule has 4 aliphatic rings. The molecule has 280 valence electrons. The van der Waals surface area contributed by atoms with Crippen LogP contribution in [0.25, 0.3) is 11.0 Å². The highest BCUT2D eigenvalue weighted by Crippen LogP contribution is 2.67. The number of allylic oxidation sites excluding steroid dienone is 1. The molecule has 0 radical (unpaired) electrons. The van der Waals surface area contributed by atoms with Gasteiger partial charge in [0.25, 0.3) is 0 Å². The molecule has 52 heavy (non-hydrogen) atoms. The molecule has 6 nitrogen and oxygen atoms in total. The quantitative estimate of drug-likeness (QED) is 0.143. The van der Waals surface area contributed by atoms with E-state index in [0.717, 1.165) is 59.2 Å². The van der Waals surface area contributed by atoms with Crippen LogP contribution in [0.1, 0.15) is 111 Å². The fraction of sp³-hybridized carbons (Fsp3) is 0.600. The number of carbonyl (C=O) groups is 1. The Morgan fingerprint density at radius 3 is 2.50 bits per heavy atom. The summed E-state index contributed by atoms with van der Waals surface area (Å²) in [6.45, 7) is 13.9. The first-order chi connectivity index (χ1) is 24.9. The highest BCUT2D eigenvalue weighted by molar-refractivity contribution is 9.10. The Bertz CT molecular complexity index is 1860. The number of rotatable bonds is 11. The molecule has 7 heteroatoms. The minimum atomic E-state index is -0.369. The minimum absolute atomic E-state index is 0.121. The van der Waals surface area contributed by atoms with E-state index in [1.54, 1.807) is 37.3 Å². The molecular weight excluding hydrogens is 716 g/mol. The smallest absolute Gasteiger partial charge is 0.344 e. The second-order valence-corrected chi connectivity index (χ2v) is 18.4. The molecule has 0 N–H and O–H groups in total. The van der Waals surface area contributed by atoms with E-state index < -0.39 is 0 Å². The SMILES string of the molecule is Cc1oc2cc(OCC(=O)O[C@@H]3CC[C@@]4(C)C(=CC[C@@H]5[C@H]6CC[C@@H]([C@H](C)CCCC(C)C)[C@@]6(C)CC[C@H]54)C3)ccc2c(=O)c1Oc1ccc(Br)cc1. The van der Waals surface area contributed by atoms with Crippen LogP contribution in [0, 0.1) is 53.3 Å². The molecule has 1 aromatic heterocycles. The summed E-state index contributed by atoms with van der Waals surface area (Å²) in [5, 5.41) is 0.378. The van der Waals surface area contributed by atoms with Crippen molar-refractivity contribution < 1.29 is 23.4 Å². The molecule has 3 fully saturated rings. The van der Waals surface area contributed by atoms with Gasteiger partial charge >= 0.3 is 5.97 Å². The van der Waals surface area contributed by atoms with Crippen LogP contribution in [0.2, 0.25) is 0 Å². The van der Waals surface area contributed by atoms with Crippen molar-refractivity contribution in [2.24, 2.45) is 46.3 Å². The van der Waals surface area contributed by atoms with Crippen LogP contribution in [-0.2, 0) is 9.53 Å². The van der Waals surface area contributed by atoms with Crippen molar-refractivity contribution in [3.05, 3.63) is 74.6 Å². The third-order valence-electron chi connectivity index (χ3n) is 13.9. The van der Waals surface area contributed by atoms with Crippen molar-refractivity contribution in [3.8, 4) is 17.2 Å². The minimum Gasteiger partial charge on any atom is -0.482 e. The molecule has 4 aliphatic carbocycles. The van der Waals surface area contributed by atoms with Crippen LogP contribution in [0.15, 0.2) is 67.8 Å². The number of ether oxygens (including phenoxy) is 3.